The minimum atomic E-state index is 0.0160. The van der Waals surface area contributed by atoms with Gasteiger partial charge in [0.25, 0.3) is 5.89 Å². The third-order valence-corrected chi connectivity index (χ3v) is 5.10. The van der Waals surface area contributed by atoms with Crippen molar-refractivity contribution in [1.29, 1.82) is 0 Å². The number of oxazole rings is 1. The lowest BCUT2D eigenvalue weighted by Crippen LogP contribution is -2.33. The number of benzene rings is 1. The third kappa shape index (κ3) is 6.21. The maximum absolute atomic E-state index is 11.9. The van der Waals surface area contributed by atoms with Gasteiger partial charge in [0.1, 0.15) is 12.0 Å². The van der Waals surface area contributed by atoms with Crippen LogP contribution < -0.4 is 4.74 Å². The van der Waals surface area contributed by atoms with E-state index >= 15 is 0 Å². The van der Waals surface area contributed by atoms with E-state index in [0.29, 0.717) is 6.42 Å². The quantitative estimate of drug-likeness (QED) is 0.598. The molecular weight excluding hydrogens is 340 g/mol. The van der Waals surface area contributed by atoms with Gasteiger partial charge in [0, 0.05) is 13.0 Å². The summed E-state index contributed by atoms with van der Waals surface area (Å²) >= 11 is 0. The smallest absolute Gasteiger partial charge is 0.263 e. The molecule has 0 aliphatic carbocycles. The maximum atomic E-state index is 11.9. The lowest BCUT2D eigenvalue weighted by Gasteiger charge is -2.32. The normalized spacial score (nSPS) is 16.0. The number of rotatable bonds is 9. The van der Waals surface area contributed by atoms with E-state index in [2.05, 4.69) is 34.1 Å². The Morgan fingerprint density at radius 2 is 2.00 bits per heavy atom. The standard InChI is InChI=1S/C22H30N2O3/c1-17(2)27-20-8-6-19(7-9-20)16-24-13-10-18(11-14-24)4-3-5-21(25)22-23-12-15-26-22/h6-9,12,15,17-18H,3-5,10-11,13-14,16H2,1-2H3. The van der Waals surface area contributed by atoms with E-state index in [1.807, 2.05) is 13.8 Å². The van der Waals surface area contributed by atoms with Gasteiger partial charge < -0.3 is 9.15 Å². The van der Waals surface area contributed by atoms with Crippen molar-refractivity contribution in [2.45, 2.75) is 58.6 Å². The first-order chi connectivity index (χ1) is 13.1. The van der Waals surface area contributed by atoms with Gasteiger partial charge in [0.05, 0.1) is 12.3 Å². The predicted molar refractivity (Wildman–Crippen MR) is 105 cm³/mol. The van der Waals surface area contributed by atoms with E-state index in [1.165, 1.54) is 30.9 Å². The summed E-state index contributed by atoms with van der Waals surface area (Å²) in [5, 5.41) is 0. The van der Waals surface area contributed by atoms with Gasteiger partial charge in [-0.15, -0.1) is 0 Å². The van der Waals surface area contributed by atoms with E-state index in [9.17, 15) is 4.79 Å². The summed E-state index contributed by atoms with van der Waals surface area (Å²) in [7, 11) is 0. The van der Waals surface area contributed by atoms with Gasteiger partial charge in [0.2, 0.25) is 5.78 Å². The minimum Gasteiger partial charge on any atom is -0.491 e. The first kappa shape index (κ1) is 19.6. The molecule has 1 aromatic heterocycles. The van der Waals surface area contributed by atoms with Crippen LogP contribution in [0.25, 0.3) is 0 Å². The van der Waals surface area contributed by atoms with E-state index < -0.39 is 0 Å². The molecule has 1 aromatic carbocycles. The molecular formula is C22H30N2O3. The molecule has 27 heavy (non-hydrogen) atoms. The van der Waals surface area contributed by atoms with Crippen LogP contribution in [0.15, 0.2) is 41.1 Å². The molecule has 1 saturated heterocycles. The Bertz CT molecular complexity index is 687. The minimum absolute atomic E-state index is 0.0160. The Hall–Kier alpha value is -2.14. The molecule has 5 heteroatoms. The van der Waals surface area contributed by atoms with Gasteiger partial charge >= 0.3 is 0 Å². The molecule has 0 radical (unpaired) electrons. The van der Waals surface area contributed by atoms with Crippen LogP contribution >= 0.6 is 0 Å². The van der Waals surface area contributed by atoms with Crippen molar-refractivity contribution >= 4 is 5.78 Å². The predicted octanol–water partition coefficient (Wildman–Crippen LogP) is 4.73. The SMILES string of the molecule is CC(C)Oc1ccc(CN2CCC(CCCC(=O)c3ncco3)CC2)cc1. The molecule has 0 atom stereocenters. The molecule has 1 fully saturated rings. The molecule has 0 amide bonds. The van der Waals surface area contributed by atoms with Gasteiger partial charge in [0.15, 0.2) is 0 Å². The average Bonchev–Trinajstić information content (AvgIpc) is 3.19. The van der Waals surface area contributed by atoms with E-state index in [-0.39, 0.29) is 17.8 Å². The molecule has 0 bridgehead atoms. The zero-order valence-electron chi connectivity index (χ0n) is 16.4. The van der Waals surface area contributed by atoms with Crippen LogP contribution in [0, 0.1) is 5.92 Å². The Balaban J connectivity index is 1.34. The van der Waals surface area contributed by atoms with Crippen LogP contribution in [0.4, 0.5) is 0 Å². The van der Waals surface area contributed by atoms with Crippen molar-refractivity contribution in [2.75, 3.05) is 13.1 Å². The molecule has 3 rings (SSSR count). The summed E-state index contributed by atoms with van der Waals surface area (Å²) < 4.78 is 10.8. The van der Waals surface area contributed by atoms with Crippen molar-refractivity contribution < 1.29 is 13.9 Å². The third-order valence-electron chi connectivity index (χ3n) is 5.10. The highest BCUT2D eigenvalue weighted by Gasteiger charge is 2.20. The Morgan fingerprint density at radius 1 is 1.26 bits per heavy atom. The number of Topliss-reactive ketones (excluding diaryl/α,β-unsaturated/α-hetero) is 1. The number of ether oxygens (including phenoxy) is 1. The lowest BCUT2D eigenvalue weighted by molar-refractivity contribution is 0.0940. The zero-order valence-corrected chi connectivity index (χ0v) is 16.4. The van der Waals surface area contributed by atoms with Crippen LogP contribution in [0.1, 0.15) is 62.2 Å². The Labute approximate surface area is 161 Å². The molecule has 1 aliphatic heterocycles. The first-order valence-corrected chi connectivity index (χ1v) is 10.0. The van der Waals surface area contributed by atoms with Gasteiger partial charge in [-0.3, -0.25) is 9.69 Å². The van der Waals surface area contributed by atoms with E-state index in [1.54, 1.807) is 0 Å². The Kier molecular flexibility index (Phi) is 7.04. The van der Waals surface area contributed by atoms with Crippen molar-refractivity contribution in [3.63, 3.8) is 0 Å². The fraction of sp³-hybridized carbons (Fsp3) is 0.545. The first-order valence-electron chi connectivity index (χ1n) is 10.0. The topological polar surface area (TPSA) is 55.6 Å². The number of hydrogen-bond donors (Lipinski definition) is 0. The number of aromatic nitrogens is 1. The summed E-state index contributed by atoms with van der Waals surface area (Å²) in [6, 6.07) is 8.45. The van der Waals surface area contributed by atoms with Gasteiger partial charge in [-0.05, 0) is 76.2 Å². The molecule has 5 nitrogen and oxygen atoms in total. The highest BCUT2D eigenvalue weighted by molar-refractivity contribution is 5.91. The Morgan fingerprint density at radius 3 is 2.63 bits per heavy atom. The molecule has 146 valence electrons. The van der Waals surface area contributed by atoms with E-state index in [4.69, 9.17) is 9.15 Å². The monoisotopic (exact) mass is 370 g/mol. The van der Waals surface area contributed by atoms with Crippen LogP contribution in [0.5, 0.6) is 5.75 Å². The van der Waals surface area contributed by atoms with Crippen molar-refractivity contribution in [3.8, 4) is 5.75 Å². The number of carbonyl (C=O) groups is 1. The molecule has 2 heterocycles. The molecule has 1 aliphatic rings. The number of nitrogens with zero attached hydrogens (tertiary/aromatic N) is 2. The fourth-order valence-electron chi connectivity index (χ4n) is 3.66. The average molecular weight is 370 g/mol. The second-order valence-electron chi connectivity index (χ2n) is 7.68. The molecule has 0 unspecified atom stereocenters. The van der Waals surface area contributed by atoms with E-state index in [0.717, 1.165) is 44.1 Å². The van der Waals surface area contributed by atoms with Crippen LogP contribution in [-0.4, -0.2) is 34.9 Å². The fourth-order valence-corrected chi connectivity index (χ4v) is 3.66. The van der Waals surface area contributed by atoms with Crippen LogP contribution in [0.2, 0.25) is 0 Å². The summed E-state index contributed by atoms with van der Waals surface area (Å²) in [5.41, 5.74) is 1.33. The van der Waals surface area contributed by atoms with Crippen LogP contribution in [0.3, 0.4) is 0 Å². The largest absolute Gasteiger partial charge is 0.491 e. The van der Waals surface area contributed by atoms with Gasteiger partial charge in [-0.1, -0.05) is 12.1 Å². The maximum Gasteiger partial charge on any atom is 0.263 e. The molecule has 0 N–H and O–H groups in total. The number of likely N-dealkylation sites (tertiary alicyclic amines) is 1. The van der Waals surface area contributed by atoms with Crippen LogP contribution in [-0.2, 0) is 6.54 Å². The van der Waals surface area contributed by atoms with Gasteiger partial charge in [-0.25, -0.2) is 4.98 Å². The number of carbonyl (C=O) groups excluding carboxylic acids is 1. The van der Waals surface area contributed by atoms with Crippen molar-refractivity contribution in [1.82, 2.24) is 9.88 Å². The van der Waals surface area contributed by atoms with Crippen molar-refractivity contribution in [2.24, 2.45) is 5.92 Å². The van der Waals surface area contributed by atoms with Gasteiger partial charge in [-0.2, -0.15) is 0 Å². The molecule has 2 aromatic rings. The summed E-state index contributed by atoms with van der Waals surface area (Å²) in [4.78, 5) is 18.4. The summed E-state index contributed by atoms with van der Waals surface area (Å²) in [6.45, 7) is 7.34. The second kappa shape index (κ2) is 9.70. The zero-order chi connectivity index (χ0) is 19.1. The highest BCUT2D eigenvalue weighted by atomic mass is 16.5. The lowest BCUT2D eigenvalue weighted by atomic mass is 9.91. The molecule has 0 spiro atoms. The number of hydrogen-bond acceptors (Lipinski definition) is 5. The second-order valence-corrected chi connectivity index (χ2v) is 7.68. The highest BCUT2D eigenvalue weighted by Crippen LogP contribution is 2.24. The number of piperidine rings is 1. The molecule has 0 saturated carbocycles. The summed E-state index contributed by atoms with van der Waals surface area (Å²) in [6.07, 6.45) is 8.17. The van der Waals surface area contributed by atoms with Crippen molar-refractivity contribution in [3.05, 3.63) is 48.2 Å². The number of ketones is 1. The summed E-state index contributed by atoms with van der Waals surface area (Å²) in [5.74, 6) is 1.92.